The molecule has 1 aromatic heterocycles. The molecular weight excluding hydrogens is 312 g/mol. The van der Waals surface area contributed by atoms with Crippen LogP contribution in [0.5, 0.6) is 0 Å². The van der Waals surface area contributed by atoms with Gasteiger partial charge in [0.1, 0.15) is 0 Å². The van der Waals surface area contributed by atoms with E-state index in [0.29, 0.717) is 19.6 Å². The van der Waals surface area contributed by atoms with E-state index in [2.05, 4.69) is 10.2 Å². The van der Waals surface area contributed by atoms with Gasteiger partial charge in [0.25, 0.3) is 0 Å². The van der Waals surface area contributed by atoms with Crippen molar-refractivity contribution in [1.82, 2.24) is 15.1 Å². The Morgan fingerprint density at radius 2 is 2.17 bits per heavy atom. The van der Waals surface area contributed by atoms with Gasteiger partial charge in [-0.1, -0.05) is 0 Å². The van der Waals surface area contributed by atoms with Crippen LogP contribution in [0.2, 0.25) is 0 Å². The summed E-state index contributed by atoms with van der Waals surface area (Å²) >= 11 is 1.60. The van der Waals surface area contributed by atoms with Crippen LogP contribution < -0.4 is 10.2 Å². The second-order valence-corrected chi connectivity index (χ2v) is 7.60. The first-order valence-corrected chi connectivity index (χ1v) is 8.95. The molecule has 2 saturated heterocycles. The largest absolute Gasteiger partial charge is 0.336 e. The van der Waals surface area contributed by atoms with E-state index in [1.165, 1.54) is 0 Å². The van der Waals surface area contributed by atoms with Crippen LogP contribution >= 0.6 is 11.3 Å². The van der Waals surface area contributed by atoms with Crippen LogP contribution in [0.15, 0.2) is 16.8 Å². The Balaban J connectivity index is 1.76. The molecule has 7 heteroatoms. The van der Waals surface area contributed by atoms with Gasteiger partial charge in [-0.05, 0) is 38.8 Å². The molecule has 0 saturated carbocycles. The predicted molar refractivity (Wildman–Crippen MR) is 91.9 cm³/mol. The number of likely N-dealkylation sites (N-methyl/N-ethyl adjacent to an activating group) is 1. The van der Waals surface area contributed by atoms with Crippen molar-refractivity contribution in [3.8, 4) is 0 Å². The molecule has 126 valence electrons. The number of anilines is 1. The van der Waals surface area contributed by atoms with Crippen LogP contribution in [0.1, 0.15) is 20.3 Å². The smallest absolute Gasteiger partial charge is 0.317 e. The third-order valence-corrected chi connectivity index (χ3v) is 5.46. The number of carbonyl (C=O) groups is 2. The van der Waals surface area contributed by atoms with Gasteiger partial charge in [0, 0.05) is 31.1 Å². The van der Waals surface area contributed by atoms with Gasteiger partial charge in [0.15, 0.2) is 0 Å². The number of rotatable bonds is 2. The summed E-state index contributed by atoms with van der Waals surface area (Å²) in [7, 11) is 1.99. The third-order valence-electron chi connectivity index (χ3n) is 4.79. The zero-order valence-electron chi connectivity index (χ0n) is 13.9. The van der Waals surface area contributed by atoms with Crippen molar-refractivity contribution in [3.05, 3.63) is 16.8 Å². The summed E-state index contributed by atoms with van der Waals surface area (Å²) in [6, 6.07) is 2.11. The maximum Gasteiger partial charge on any atom is 0.317 e. The summed E-state index contributed by atoms with van der Waals surface area (Å²) in [5.74, 6) is 0.126. The molecule has 6 nitrogen and oxygen atoms in total. The number of amides is 3. The average Bonchev–Trinajstić information content (AvgIpc) is 3.13. The zero-order valence-corrected chi connectivity index (χ0v) is 14.7. The molecule has 2 fully saturated rings. The summed E-state index contributed by atoms with van der Waals surface area (Å²) in [5.41, 5.74) is 0.821. The van der Waals surface area contributed by atoms with Crippen molar-refractivity contribution < 1.29 is 9.59 Å². The Morgan fingerprint density at radius 3 is 2.83 bits per heavy atom. The van der Waals surface area contributed by atoms with E-state index in [1.54, 1.807) is 11.3 Å². The monoisotopic (exact) mass is 336 g/mol. The van der Waals surface area contributed by atoms with Gasteiger partial charge < -0.3 is 15.1 Å². The van der Waals surface area contributed by atoms with Crippen LogP contribution in [0.4, 0.5) is 10.5 Å². The second kappa shape index (κ2) is 6.13. The molecule has 0 radical (unpaired) electrons. The lowest BCUT2D eigenvalue weighted by molar-refractivity contribution is -0.123. The molecule has 2 aliphatic heterocycles. The van der Waals surface area contributed by atoms with Crippen molar-refractivity contribution in [2.75, 3.05) is 38.1 Å². The minimum absolute atomic E-state index is 0.00995. The van der Waals surface area contributed by atoms with Crippen LogP contribution in [0.25, 0.3) is 0 Å². The number of hydrogen-bond donors (Lipinski definition) is 1. The van der Waals surface area contributed by atoms with E-state index >= 15 is 0 Å². The number of nitrogens with zero attached hydrogens (tertiary/aromatic N) is 3. The maximum absolute atomic E-state index is 12.4. The first-order chi connectivity index (χ1) is 10.9. The SMILES string of the molecule is CC(C)NC(=O)N1CC[C@]2(C1)CN(c1ccsc1)C(=O)CN2C. The van der Waals surface area contributed by atoms with Crippen LogP contribution in [-0.2, 0) is 4.79 Å². The Kier molecular flexibility index (Phi) is 4.33. The number of urea groups is 1. The van der Waals surface area contributed by atoms with Crippen LogP contribution in [0.3, 0.4) is 0 Å². The molecular formula is C16H24N4O2S. The summed E-state index contributed by atoms with van der Waals surface area (Å²) in [5, 5.41) is 6.96. The minimum atomic E-state index is -0.149. The standard InChI is InChI=1S/C16H24N4O2S/c1-12(2)17-15(22)19-6-5-16(10-19)11-20(13-4-7-23-9-13)14(21)8-18(16)3/h4,7,9,12H,5-6,8,10-11H2,1-3H3,(H,17,22)/t16-/m0/s1. The summed E-state index contributed by atoms with van der Waals surface area (Å²) in [6.45, 7) is 6.37. The highest BCUT2D eigenvalue weighted by Gasteiger charge is 2.48. The van der Waals surface area contributed by atoms with E-state index in [1.807, 2.05) is 47.5 Å². The van der Waals surface area contributed by atoms with Crippen molar-refractivity contribution in [3.63, 3.8) is 0 Å². The molecule has 1 atom stereocenters. The fourth-order valence-electron chi connectivity index (χ4n) is 3.41. The van der Waals surface area contributed by atoms with Gasteiger partial charge in [-0.2, -0.15) is 11.3 Å². The number of piperazine rings is 1. The Labute approximate surface area is 141 Å². The molecule has 0 bridgehead atoms. The fourth-order valence-corrected chi connectivity index (χ4v) is 4.06. The molecule has 23 heavy (non-hydrogen) atoms. The van der Waals surface area contributed by atoms with Crippen molar-refractivity contribution >= 4 is 29.0 Å². The van der Waals surface area contributed by atoms with Gasteiger partial charge >= 0.3 is 6.03 Å². The normalized spacial score (nSPS) is 25.7. The quantitative estimate of drug-likeness (QED) is 0.892. The lowest BCUT2D eigenvalue weighted by Gasteiger charge is -2.46. The summed E-state index contributed by atoms with van der Waals surface area (Å²) < 4.78 is 0. The van der Waals surface area contributed by atoms with Gasteiger partial charge in [-0.3, -0.25) is 9.69 Å². The highest BCUT2D eigenvalue weighted by atomic mass is 32.1. The lowest BCUT2D eigenvalue weighted by Crippen LogP contribution is -2.64. The minimum Gasteiger partial charge on any atom is -0.336 e. The molecule has 1 spiro atoms. The molecule has 2 aliphatic rings. The Morgan fingerprint density at radius 1 is 1.39 bits per heavy atom. The lowest BCUT2D eigenvalue weighted by atomic mass is 9.93. The zero-order chi connectivity index (χ0) is 16.6. The number of likely N-dealkylation sites (tertiary alicyclic amines) is 1. The third kappa shape index (κ3) is 3.07. The van der Waals surface area contributed by atoms with Crippen LogP contribution in [0, 0.1) is 0 Å². The Bertz CT molecular complexity index is 589. The number of hydrogen-bond acceptors (Lipinski definition) is 4. The van der Waals surface area contributed by atoms with E-state index in [0.717, 1.165) is 18.7 Å². The van der Waals surface area contributed by atoms with Gasteiger partial charge in [-0.15, -0.1) is 0 Å². The predicted octanol–water partition coefficient (Wildman–Crippen LogP) is 1.59. The van der Waals surface area contributed by atoms with E-state index in [9.17, 15) is 9.59 Å². The number of carbonyl (C=O) groups excluding carboxylic acids is 2. The van der Waals surface area contributed by atoms with Crippen molar-refractivity contribution in [2.45, 2.75) is 31.8 Å². The highest BCUT2D eigenvalue weighted by Crippen LogP contribution is 2.34. The van der Waals surface area contributed by atoms with Crippen molar-refractivity contribution in [1.29, 1.82) is 0 Å². The average molecular weight is 336 g/mol. The van der Waals surface area contributed by atoms with E-state index in [-0.39, 0.29) is 23.5 Å². The number of nitrogens with one attached hydrogen (secondary N) is 1. The first kappa shape index (κ1) is 16.3. The van der Waals surface area contributed by atoms with E-state index in [4.69, 9.17) is 0 Å². The Hall–Kier alpha value is -1.60. The summed E-state index contributed by atoms with van der Waals surface area (Å²) in [4.78, 5) is 30.6. The molecule has 1 N–H and O–H groups in total. The summed E-state index contributed by atoms with van der Waals surface area (Å²) in [6.07, 6.45) is 0.892. The van der Waals surface area contributed by atoms with Crippen LogP contribution in [-0.4, -0.2) is 66.5 Å². The molecule has 3 heterocycles. The number of thiophene rings is 1. The first-order valence-electron chi connectivity index (χ1n) is 8.00. The molecule has 0 aromatic carbocycles. The molecule has 0 aliphatic carbocycles. The molecule has 3 amide bonds. The van der Waals surface area contributed by atoms with Crippen molar-refractivity contribution in [2.24, 2.45) is 0 Å². The van der Waals surface area contributed by atoms with Gasteiger partial charge in [0.05, 0.1) is 17.8 Å². The molecule has 3 rings (SSSR count). The molecule has 0 unspecified atom stereocenters. The molecule has 1 aromatic rings. The van der Waals surface area contributed by atoms with Gasteiger partial charge in [-0.25, -0.2) is 4.79 Å². The topological polar surface area (TPSA) is 55.9 Å². The van der Waals surface area contributed by atoms with E-state index < -0.39 is 0 Å². The maximum atomic E-state index is 12.4. The second-order valence-electron chi connectivity index (χ2n) is 6.82. The highest BCUT2D eigenvalue weighted by molar-refractivity contribution is 7.08. The van der Waals surface area contributed by atoms with Gasteiger partial charge in [0.2, 0.25) is 5.91 Å². The fraction of sp³-hybridized carbons (Fsp3) is 0.625.